The summed E-state index contributed by atoms with van der Waals surface area (Å²) >= 11 is 1.68. The minimum atomic E-state index is 0.198. The van der Waals surface area contributed by atoms with E-state index in [0.717, 1.165) is 60.0 Å². The number of Topliss-reactive ketones (excluding diaryl/α,β-unsaturated/α-hetero) is 1. The monoisotopic (exact) mass is 479 g/mol. The third kappa shape index (κ3) is 5.56. The highest BCUT2D eigenvalue weighted by Gasteiger charge is 2.27. The molecule has 1 saturated heterocycles. The Labute approximate surface area is 205 Å². The topological polar surface area (TPSA) is 79.4 Å². The minimum Gasteiger partial charge on any atom is -0.378 e. The molecule has 0 amide bonds. The summed E-state index contributed by atoms with van der Waals surface area (Å²) in [5, 5.41) is 10.8. The molecule has 1 aliphatic carbocycles. The highest BCUT2D eigenvalue weighted by atomic mass is 32.1. The number of nitrogens with one attached hydrogen (secondary N) is 2. The number of thiophene rings is 1. The number of anilines is 2. The van der Waals surface area contributed by atoms with E-state index in [1.165, 1.54) is 5.56 Å². The standard InChI is InChI=1S/C26H33N5O2S/c1-4-6-18(19-8-13-34-17-19)16-24(27-3)29-26-28-22-15-20(23(32)7-5-2)14-21(22)25(30-26)31-9-11-33-12-10-31/h6,8,13,15-17,27H,4-5,7,9-12,14H2,1-3H3,(H,28,29,30)/b18-6+,24-16+. The van der Waals surface area contributed by atoms with Gasteiger partial charge in [-0.25, -0.2) is 4.98 Å². The van der Waals surface area contributed by atoms with E-state index in [0.29, 0.717) is 32.0 Å². The third-order valence-electron chi connectivity index (χ3n) is 5.94. The molecule has 0 aromatic carbocycles. The van der Waals surface area contributed by atoms with Crippen LogP contribution in [0.3, 0.4) is 0 Å². The van der Waals surface area contributed by atoms with Crippen molar-refractivity contribution in [2.24, 2.45) is 0 Å². The van der Waals surface area contributed by atoms with E-state index in [4.69, 9.17) is 14.7 Å². The number of allylic oxidation sites excluding steroid dienone is 4. The van der Waals surface area contributed by atoms with Crippen LogP contribution in [0.2, 0.25) is 0 Å². The highest BCUT2D eigenvalue weighted by molar-refractivity contribution is 7.08. The number of rotatable bonds is 10. The summed E-state index contributed by atoms with van der Waals surface area (Å²) in [7, 11) is 1.88. The number of hydrogen-bond acceptors (Lipinski definition) is 8. The van der Waals surface area contributed by atoms with Crippen molar-refractivity contribution in [3.63, 3.8) is 0 Å². The SMILES string of the molecule is CC/C=C(\C=C(/NC)Nc1nc2c(c(N3CCOCC3)n1)CC(C(=O)CCC)=C2)c1ccsc1. The van der Waals surface area contributed by atoms with Crippen LogP contribution in [0.4, 0.5) is 11.8 Å². The molecule has 0 spiro atoms. The summed E-state index contributed by atoms with van der Waals surface area (Å²) in [5.74, 6) is 2.42. The van der Waals surface area contributed by atoms with Crippen LogP contribution >= 0.6 is 11.3 Å². The zero-order chi connectivity index (χ0) is 23.9. The molecule has 2 N–H and O–H groups in total. The Hall–Kier alpha value is -2.97. The first-order valence-electron chi connectivity index (χ1n) is 12.0. The molecule has 2 aromatic rings. The van der Waals surface area contributed by atoms with Gasteiger partial charge in [0.05, 0.1) is 18.9 Å². The molecule has 8 heteroatoms. The van der Waals surface area contributed by atoms with Gasteiger partial charge in [0.15, 0.2) is 5.78 Å². The second-order valence-electron chi connectivity index (χ2n) is 8.37. The Bertz CT molecular complexity index is 1100. The van der Waals surface area contributed by atoms with Gasteiger partial charge in [-0.1, -0.05) is 19.9 Å². The summed E-state index contributed by atoms with van der Waals surface area (Å²) in [6.07, 6.45) is 9.18. The lowest BCUT2D eigenvalue weighted by Gasteiger charge is -2.29. The van der Waals surface area contributed by atoms with E-state index in [1.807, 2.05) is 20.0 Å². The zero-order valence-electron chi connectivity index (χ0n) is 20.2. The molecule has 0 saturated carbocycles. The Morgan fingerprint density at radius 2 is 2.09 bits per heavy atom. The van der Waals surface area contributed by atoms with Gasteiger partial charge in [-0.3, -0.25) is 4.79 Å². The van der Waals surface area contributed by atoms with Crippen molar-refractivity contribution in [3.05, 3.63) is 57.2 Å². The molecule has 4 rings (SSSR count). The number of hydrogen-bond donors (Lipinski definition) is 2. The van der Waals surface area contributed by atoms with E-state index in [-0.39, 0.29) is 5.78 Å². The molecule has 34 heavy (non-hydrogen) atoms. The largest absolute Gasteiger partial charge is 0.378 e. The van der Waals surface area contributed by atoms with Crippen molar-refractivity contribution in [1.29, 1.82) is 0 Å². The summed E-state index contributed by atoms with van der Waals surface area (Å²) in [6, 6.07) is 2.12. The van der Waals surface area contributed by atoms with Gasteiger partial charge in [-0.15, -0.1) is 0 Å². The van der Waals surface area contributed by atoms with Crippen LogP contribution in [0.25, 0.3) is 11.6 Å². The average molecular weight is 480 g/mol. The quantitative estimate of drug-likeness (QED) is 0.480. The number of morpholine rings is 1. The van der Waals surface area contributed by atoms with Crippen LogP contribution in [0, 0.1) is 0 Å². The Morgan fingerprint density at radius 1 is 1.26 bits per heavy atom. The molecule has 0 radical (unpaired) electrons. The summed E-state index contributed by atoms with van der Waals surface area (Å²) < 4.78 is 5.55. The van der Waals surface area contributed by atoms with Crippen molar-refractivity contribution >= 4 is 40.5 Å². The Kier molecular flexibility index (Phi) is 8.13. The number of ether oxygens (including phenoxy) is 1. The van der Waals surface area contributed by atoms with Gasteiger partial charge in [0.2, 0.25) is 5.95 Å². The maximum Gasteiger partial charge on any atom is 0.230 e. The van der Waals surface area contributed by atoms with E-state index in [9.17, 15) is 4.79 Å². The van der Waals surface area contributed by atoms with Crippen LogP contribution in [-0.2, 0) is 16.0 Å². The molecule has 0 bridgehead atoms. The Balaban J connectivity index is 1.67. The predicted octanol–water partition coefficient (Wildman–Crippen LogP) is 4.65. The summed E-state index contributed by atoms with van der Waals surface area (Å²) in [4.78, 5) is 24.6. The summed E-state index contributed by atoms with van der Waals surface area (Å²) in [5.41, 5.74) is 5.02. The normalized spacial score (nSPS) is 16.3. The van der Waals surface area contributed by atoms with E-state index in [1.54, 1.807) is 11.3 Å². The van der Waals surface area contributed by atoms with Gasteiger partial charge < -0.3 is 20.3 Å². The zero-order valence-corrected chi connectivity index (χ0v) is 21.0. The van der Waals surface area contributed by atoms with Gasteiger partial charge in [-0.2, -0.15) is 16.3 Å². The fourth-order valence-corrected chi connectivity index (χ4v) is 4.86. The molecule has 0 unspecified atom stereocenters. The van der Waals surface area contributed by atoms with Crippen LogP contribution in [0.1, 0.15) is 49.9 Å². The van der Waals surface area contributed by atoms with E-state index in [2.05, 4.69) is 51.4 Å². The molecular weight excluding hydrogens is 446 g/mol. The molecule has 1 fully saturated rings. The number of nitrogens with zero attached hydrogens (tertiary/aromatic N) is 3. The van der Waals surface area contributed by atoms with Gasteiger partial charge in [-0.05, 0) is 53.0 Å². The first-order chi connectivity index (χ1) is 16.6. The molecular formula is C26H33N5O2S. The second kappa shape index (κ2) is 11.4. The van der Waals surface area contributed by atoms with E-state index < -0.39 is 0 Å². The number of carbonyl (C=O) groups is 1. The number of carbonyl (C=O) groups excluding carboxylic acids is 1. The highest BCUT2D eigenvalue weighted by Crippen LogP contribution is 2.33. The number of fused-ring (bicyclic) bond motifs is 1. The maximum absolute atomic E-state index is 12.6. The second-order valence-corrected chi connectivity index (χ2v) is 9.15. The Morgan fingerprint density at radius 3 is 2.76 bits per heavy atom. The molecule has 2 aliphatic rings. The average Bonchev–Trinajstić information content (AvgIpc) is 3.54. The fourth-order valence-electron chi connectivity index (χ4n) is 4.20. The lowest BCUT2D eigenvalue weighted by Crippen LogP contribution is -2.37. The first kappa shape index (κ1) is 24.2. The predicted molar refractivity (Wildman–Crippen MR) is 140 cm³/mol. The van der Waals surface area contributed by atoms with Crippen LogP contribution in [0.15, 0.2) is 40.4 Å². The molecule has 180 valence electrons. The van der Waals surface area contributed by atoms with Crippen molar-refractivity contribution < 1.29 is 9.53 Å². The van der Waals surface area contributed by atoms with Crippen LogP contribution in [-0.4, -0.2) is 49.1 Å². The van der Waals surface area contributed by atoms with Gasteiger partial charge in [0, 0.05) is 44.1 Å². The van der Waals surface area contributed by atoms with Crippen molar-refractivity contribution in [3.8, 4) is 0 Å². The smallest absolute Gasteiger partial charge is 0.230 e. The molecule has 3 heterocycles. The molecule has 2 aromatic heterocycles. The third-order valence-corrected chi connectivity index (χ3v) is 6.62. The lowest BCUT2D eigenvalue weighted by molar-refractivity contribution is -0.115. The number of ketones is 1. The van der Waals surface area contributed by atoms with Crippen molar-refractivity contribution in [1.82, 2.24) is 15.3 Å². The minimum absolute atomic E-state index is 0.198. The van der Waals surface area contributed by atoms with Gasteiger partial charge >= 0.3 is 0 Å². The van der Waals surface area contributed by atoms with Crippen molar-refractivity contribution in [2.45, 2.75) is 39.5 Å². The van der Waals surface area contributed by atoms with Crippen molar-refractivity contribution in [2.75, 3.05) is 43.6 Å². The fraction of sp³-hybridized carbons (Fsp3) is 0.423. The molecule has 0 atom stereocenters. The van der Waals surface area contributed by atoms with Gasteiger partial charge in [0.25, 0.3) is 0 Å². The van der Waals surface area contributed by atoms with E-state index >= 15 is 0 Å². The molecule has 7 nitrogen and oxygen atoms in total. The van der Waals surface area contributed by atoms with Gasteiger partial charge in [0.1, 0.15) is 11.6 Å². The van der Waals surface area contributed by atoms with Crippen LogP contribution < -0.4 is 15.5 Å². The summed E-state index contributed by atoms with van der Waals surface area (Å²) in [6.45, 7) is 7.06. The lowest BCUT2D eigenvalue weighted by atomic mass is 10.1. The number of aromatic nitrogens is 2. The molecule has 1 aliphatic heterocycles. The maximum atomic E-state index is 12.6. The van der Waals surface area contributed by atoms with Crippen LogP contribution in [0.5, 0.6) is 0 Å². The first-order valence-corrected chi connectivity index (χ1v) is 12.9.